The molecule has 0 unspecified atom stereocenters. The number of amides is 2. The zero-order chi connectivity index (χ0) is 23.2. The molecule has 7 nitrogen and oxygen atoms in total. The van der Waals surface area contributed by atoms with E-state index in [2.05, 4.69) is 17.0 Å². The summed E-state index contributed by atoms with van der Waals surface area (Å²) >= 11 is 1.56. The molecule has 2 aliphatic rings. The van der Waals surface area contributed by atoms with Crippen LogP contribution >= 0.6 is 11.3 Å². The molecule has 1 aromatic carbocycles. The molecule has 0 spiro atoms. The van der Waals surface area contributed by atoms with Crippen molar-refractivity contribution >= 4 is 23.3 Å². The van der Waals surface area contributed by atoms with Gasteiger partial charge >= 0.3 is 6.09 Å². The summed E-state index contributed by atoms with van der Waals surface area (Å²) in [6.45, 7) is 9.61. The second-order valence-corrected chi connectivity index (χ2v) is 9.92. The molecule has 2 aliphatic heterocycles. The first-order valence-electron chi connectivity index (χ1n) is 11.8. The van der Waals surface area contributed by atoms with E-state index in [4.69, 9.17) is 9.47 Å². The Hall–Kier alpha value is -2.58. The van der Waals surface area contributed by atoms with Gasteiger partial charge in [0.25, 0.3) is 5.91 Å². The molecule has 3 heterocycles. The Morgan fingerprint density at radius 2 is 1.76 bits per heavy atom. The van der Waals surface area contributed by atoms with E-state index in [-0.39, 0.29) is 18.1 Å². The second-order valence-electron chi connectivity index (χ2n) is 8.63. The molecule has 8 heteroatoms. The number of ether oxygens (including phenoxy) is 2. The first kappa shape index (κ1) is 23.6. The molecule has 0 saturated carbocycles. The summed E-state index contributed by atoms with van der Waals surface area (Å²) in [5.41, 5.74) is 1.21. The van der Waals surface area contributed by atoms with Crippen LogP contribution in [0, 0.1) is 6.92 Å². The van der Waals surface area contributed by atoms with Crippen LogP contribution in [0.1, 0.15) is 39.9 Å². The molecular weight excluding hydrogens is 438 g/mol. The van der Waals surface area contributed by atoms with Crippen molar-refractivity contribution in [3.63, 3.8) is 0 Å². The van der Waals surface area contributed by atoms with Crippen LogP contribution in [0.15, 0.2) is 36.4 Å². The van der Waals surface area contributed by atoms with E-state index in [1.54, 1.807) is 16.2 Å². The third-order valence-corrected chi connectivity index (χ3v) is 7.17. The fraction of sp³-hybridized carbons (Fsp3) is 0.520. The van der Waals surface area contributed by atoms with Crippen LogP contribution in [0.2, 0.25) is 0 Å². The van der Waals surface area contributed by atoms with Crippen molar-refractivity contribution in [1.82, 2.24) is 14.7 Å². The van der Waals surface area contributed by atoms with Crippen molar-refractivity contribution in [2.24, 2.45) is 0 Å². The van der Waals surface area contributed by atoms with Gasteiger partial charge in [-0.2, -0.15) is 0 Å². The number of piperazine rings is 1. The van der Waals surface area contributed by atoms with E-state index in [0.717, 1.165) is 61.1 Å². The number of nitrogens with zero attached hydrogens (tertiary/aromatic N) is 3. The Labute approximate surface area is 199 Å². The molecule has 0 N–H and O–H groups in total. The lowest BCUT2D eigenvalue weighted by molar-refractivity contribution is 0.0600. The number of hydrogen-bond acceptors (Lipinski definition) is 6. The second kappa shape index (κ2) is 11.0. The van der Waals surface area contributed by atoms with E-state index in [9.17, 15) is 9.59 Å². The van der Waals surface area contributed by atoms with E-state index in [1.807, 2.05) is 43.0 Å². The highest BCUT2D eigenvalue weighted by Crippen LogP contribution is 2.24. The third-order valence-electron chi connectivity index (χ3n) is 6.19. The highest BCUT2D eigenvalue weighted by molar-refractivity contribution is 7.13. The summed E-state index contributed by atoms with van der Waals surface area (Å²) in [6, 6.07) is 12.2. The molecule has 0 radical (unpaired) electrons. The van der Waals surface area contributed by atoms with Crippen LogP contribution in [-0.4, -0.2) is 78.7 Å². The van der Waals surface area contributed by atoms with Gasteiger partial charge in [-0.25, -0.2) is 4.79 Å². The quantitative estimate of drug-likeness (QED) is 0.637. The molecule has 2 amide bonds. The maximum atomic E-state index is 12.7. The standard InChI is InChI=1S/C25H33N3O4S/c1-3-31-25(30)28-15-13-26(14-16-28)18-20-5-4-6-22(17-20)32-21-9-11-27(12-10-21)24(29)23-8-7-19(2)33-23/h4-8,17,21H,3,9-16,18H2,1-2H3. The van der Waals surface area contributed by atoms with Crippen molar-refractivity contribution in [3.8, 4) is 5.75 Å². The van der Waals surface area contributed by atoms with Crippen molar-refractivity contribution in [2.75, 3.05) is 45.9 Å². The molecular formula is C25H33N3O4S. The Kier molecular flexibility index (Phi) is 7.88. The average Bonchev–Trinajstić information content (AvgIpc) is 3.26. The van der Waals surface area contributed by atoms with Crippen LogP contribution in [0.4, 0.5) is 4.79 Å². The number of piperidine rings is 1. The van der Waals surface area contributed by atoms with Crippen LogP contribution in [0.3, 0.4) is 0 Å². The number of benzene rings is 1. The minimum absolute atomic E-state index is 0.127. The van der Waals surface area contributed by atoms with Gasteiger partial charge in [-0.3, -0.25) is 9.69 Å². The number of likely N-dealkylation sites (tertiary alicyclic amines) is 1. The maximum absolute atomic E-state index is 12.7. The van der Waals surface area contributed by atoms with Crippen molar-refractivity contribution in [1.29, 1.82) is 0 Å². The van der Waals surface area contributed by atoms with Gasteiger partial charge in [0.2, 0.25) is 0 Å². The van der Waals surface area contributed by atoms with Gasteiger partial charge in [-0.05, 0) is 43.7 Å². The Balaban J connectivity index is 1.24. The number of thiophene rings is 1. The minimum atomic E-state index is -0.217. The molecule has 2 aromatic rings. The van der Waals surface area contributed by atoms with Crippen molar-refractivity contribution in [3.05, 3.63) is 51.7 Å². The summed E-state index contributed by atoms with van der Waals surface area (Å²) < 4.78 is 11.4. The first-order valence-corrected chi connectivity index (χ1v) is 12.6. The van der Waals surface area contributed by atoms with Gasteiger partial charge in [-0.1, -0.05) is 12.1 Å². The lowest BCUT2D eigenvalue weighted by atomic mass is 10.1. The van der Waals surface area contributed by atoms with Gasteiger partial charge in [-0.15, -0.1) is 11.3 Å². The smallest absolute Gasteiger partial charge is 0.409 e. The Morgan fingerprint density at radius 3 is 2.42 bits per heavy atom. The van der Waals surface area contributed by atoms with Gasteiger partial charge in [0.15, 0.2) is 0 Å². The van der Waals surface area contributed by atoms with Crippen LogP contribution in [0.5, 0.6) is 5.75 Å². The molecule has 0 aliphatic carbocycles. The van der Waals surface area contributed by atoms with Gasteiger partial charge in [0.1, 0.15) is 11.9 Å². The monoisotopic (exact) mass is 471 g/mol. The molecule has 4 rings (SSSR count). The number of carbonyl (C=O) groups excluding carboxylic acids is 2. The summed E-state index contributed by atoms with van der Waals surface area (Å²) in [4.78, 5) is 32.6. The largest absolute Gasteiger partial charge is 0.490 e. The summed E-state index contributed by atoms with van der Waals surface area (Å²) in [5, 5.41) is 0. The number of aryl methyl sites for hydroxylation is 1. The molecule has 2 fully saturated rings. The molecule has 0 bridgehead atoms. The zero-order valence-electron chi connectivity index (χ0n) is 19.5. The molecule has 1 aromatic heterocycles. The lowest BCUT2D eigenvalue weighted by Gasteiger charge is -2.34. The predicted molar refractivity (Wildman–Crippen MR) is 129 cm³/mol. The van der Waals surface area contributed by atoms with Crippen LogP contribution < -0.4 is 4.74 Å². The third kappa shape index (κ3) is 6.26. The van der Waals surface area contributed by atoms with Crippen LogP contribution in [-0.2, 0) is 11.3 Å². The Bertz CT molecular complexity index is 947. The number of rotatable bonds is 6. The van der Waals surface area contributed by atoms with E-state index in [0.29, 0.717) is 19.7 Å². The highest BCUT2D eigenvalue weighted by atomic mass is 32.1. The SMILES string of the molecule is CCOC(=O)N1CCN(Cc2cccc(OC3CCN(C(=O)c4ccc(C)s4)CC3)c2)CC1. The molecule has 0 atom stereocenters. The average molecular weight is 472 g/mol. The molecule has 33 heavy (non-hydrogen) atoms. The fourth-order valence-corrected chi connectivity index (χ4v) is 5.19. The lowest BCUT2D eigenvalue weighted by Crippen LogP contribution is -2.48. The topological polar surface area (TPSA) is 62.3 Å². The number of carbonyl (C=O) groups is 2. The molecule has 2 saturated heterocycles. The van der Waals surface area contributed by atoms with E-state index >= 15 is 0 Å². The van der Waals surface area contributed by atoms with E-state index < -0.39 is 0 Å². The predicted octanol–water partition coefficient (Wildman–Crippen LogP) is 4.01. The van der Waals surface area contributed by atoms with Gasteiger partial charge < -0.3 is 19.3 Å². The zero-order valence-corrected chi connectivity index (χ0v) is 20.3. The highest BCUT2D eigenvalue weighted by Gasteiger charge is 2.26. The first-order chi connectivity index (χ1) is 16.0. The number of hydrogen-bond donors (Lipinski definition) is 0. The molecule has 178 valence electrons. The Morgan fingerprint density at radius 1 is 1.00 bits per heavy atom. The summed E-state index contributed by atoms with van der Waals surface area (Å²) in [7, 11) is 0. The van der Waals surface area contributed by atoms with Crippen molar-refractivity contribution < 1.29 is 19.1 Å². The minimum Gasteiger partial charge on any atom is -0.490 e. The van der Waals surface area contributed by atoms with Gasteiger partial charge in [0.05, 0.1) is 11.5 Å². The summed E-state index contributed by atoms with van der Waals surface area (Å²) in [6.07, 6.45) is 1.60. The normalized spacial score (nSPS) is 17.8. The summed E-state index contributed by atoms with van der Waals surface area (Å²) in [5.74, 6) is 1.02. The maximum Gasteiger partial charge on any atom is 0.409 e. The van der Waals surface area contributed by atoms with Crippen molar-refractivity contribution in [2.45, 2.75) is 39.3 Å². The fourth-order valence-electron chi connectivity index (χ4n) is 4.35. The van der Waals surface area contributed by atoms with E-state index in [1.165, 1.54) is 5.56 Å². The van der Waals surface area contributed by atoms with Crippen LogP contribution in [0.25, 0.3) is 0 Å². The van der Waals surface area contributed by atoms with Gasteiger partial charge in [0, 0.05) is 63.5 Å².